The average Bonchev–Trinajstić information content (AvgIpc) is 2.44. The van der Waals surface area contributed by atoms with Crippen molar-refractivity contribution >= 4 is 27.3 Å². The lowest BCUT2D eigenvalue weighted by Crippen LogP contribution is -2.08. The molecule has 0 saturated carbocycles. The summed E-state index contributed by atoms with van der Waals surface area (Å²) >= 11 is 3.14. The van der Waals surface area contributed by atoms with E-state index >= 15 is 0 Å². The number of anilines is 1. The van der Waals surface area contributed by atoms with Gasteiger partial charge in [-0.25, -0.2) is 4.39 Å². The SMILES string of the molecule is Cc1cc(Br)c(F)cc1NC(C)c1cccc([N+](=O)[O-])c1. The number of nitrogens with one attached hydrogen (secondary N) is 1. The van der Waals surface area contributed by atoms with Crippen molar-refractivity contribution in [1.29, 1.82) is 0 Å². The summed E-state index contributed by atoms with van der Waals surface area (Å²) in [6, 6.07) is 9.33. The summed E-state index contributed by atoms with van der Waals surface area (Å²) in [5.41, 5.74) is 2.36. The third-order valence-corrected chi connectivity index (χ3v) is 3.83. The van der Waals surface area contributed by atoms with Gasteiger partial charge >= 0.3 is 0 Å². The largest absolute Gasteiger partial charge is 0.378 e. The number of rotatable bonds is 4. The predicted molar refractivity (Wildman–Crippen MR) is 84.0 cm³/mol. The van der Waals surface area contributed by atoms with E-state index in [0.717, 1.165) is 11.1 Å². The molecular formula is C15H14BrFN2O2. The van der Waals surface area contributed by atoms with Gasteiger partial charge < -0.3 is 5.32 Å². The van der Waals surface area contributed by atoms with Gasteiger partial charge in [-0.3, -0.25) is 10.1 Å². The smallest absolute Gasteiger partial charge is 0.269 e. The zero-order valence-electron chi connectivity index (χ0n) is 11.6. The molecule has 0 heterocycles. The standard InChI is InChI=1S/C15H14BrFN2O2/c1-9-6-13(16)14(17)8-15(9)18-10(2)11-4-3-5-12(7-11)19(20)21/h3-8,10,18H,1-2H3. The highest BCUT2D eigenvalue weighted by atomic mass is 79.9. The first-order valence-corrected chi connectivity index (χ1v) is 7.14. The van der Waals surface area contributed by atoms with Crippen molar-refractivity contribution in [2.75, 3.05) is 5.32 Å². The number of non-ortho nitro benzene ring substituents is 1. The lowest BCUT2D eigenvalue weighted by atomic mass is 10.1. The van der Waals surface area contributed by atoms with Crippen LogP contribution in [0.5, 0.6) is 0 Å². The number of halogens is 2. The lowest BCUT2D eigenvalue weighted by molar-refractivity contribution is -0.384. The van der Waals surface area contributed by atoms with E-state index in [0.29, 0.717) is 10.2 Å². The van der Waals surface area contributed by atoms with Crippen molar-refractivity contribution in [2.24, 2.45) is 0 Å². The average molecular weight is 353 g/mol. The highest BCUT2D eigenvalue weighted by Gasteiger charge is 2.13. The van der Waals surface area contributed by atoms with Crippen LogP contribution in [0.15, 0.2) is 40.9 Å². The normalized spacial score (nSPS) is 12.0. The van der Waals surface area contributed by atoms with Crippen LogP contribution < -0.4 is 5.32 Å². The van der Waals surface area contributed by atoms with Gasteiger partial charge in [0, 0.05) is 23.9 Å². The molecule has 0 fully saturated rings. The first-order chi connectivity index (χ1) is 9.88. The Morgan fingerprint density at radius 3 is 2.71 bits per heavy atom. The molecule has 1 N–H and O–H groups in total. The molecule has 0 amide bonds. The summed E-state index contributed by atoms with van der Waals surface area (Å²) in [6.45, 7) is 3.74. The van der Waals surface area contributed by atoms with Crippen molar-refractivity contribution < 1.29 is 9.31 Å². The van der Waals surface area contributed by atoms with Crippen LogP contribution in [0, 0.1) is 22.9 Å². The van der Waals surface area contributed by atoms with Crippen molar-refractivity contribution in [3.05, 3.63) is 67.9 Å². The van der Waals surface area contributed by atoms with E-state index in [1.807, 2.05) is 13.8 Å². The fourth-order valence-corrected chi connectivity index (χ4v) is 2.48. The third-order valence-electron chi connectivity index (χ3n) is 3.22. The molecule has 110 valence electrons. The fourth-order valence-electron chi connectivity index (χ4n) is 2.03. The van der Waals surface area contributed by atoms with E-state index in [-0.39, 0.29) is 17.5 Å². The van der Waals surface area contributed by atoms with Gasteiger partial charge in [-0.05, 0) is 53.0 Å². The first-order valence-electron chi connectivity index (χ1n) is 6.35. The van der Waals surface area contributed by atoms with Crippen LogP contribution in [0.4, 0.5) is 15.8 Å². The van der Waals surface area contributed by atoms with E-state index in [1.165, 1.54) is 18.2 Å². The Balaban J connectivity index is 2.26. The molecule has 0 aliphatic heterocycles. The number of hydrogen-bond donors (Lipinski definition) is 1. The molecule has 1 atom stereocenters. The molecule has 21 heavy (non-hydrogen) atoms. The minimum absolute atomic E-state index is 0.0415. The molecule has 6 heteroatoms. The van der Waals surface area contributed by atoms with E-state index in [4.69, 9.17) is 0 Å². The Hall–Kier alpha value is -1.95. The van der Waals surface area contributed by atoms with Gasteiger partial charge in [0.1, 0.15) is 5.82 Å². The van der Waals surface area contributed by atoms with E-state index in [9.17, 15) is 14.5 Å². The second-order valence-electron chi connectivity index (χ2n) is 4.80. The fraction of sp³-hybridized carbons (Fsp3) is 0.200. The molecule has 2 aromatic rings. The highest BCUT2D eigenvalue weighted by Crippen LogP contribution is 2.28. The van der Waals surface area contributed by atoms with Gasteiger partial charge in [0.25, 0.3) is 5.69 Å². The van der Waals surface area contributed by atoms with Crippen LogP contribution in [0.25, 0.3) is 0 Å². The predicted octanol–water partition coefficient (Wildman–Crippen LogP) is 4.98. The Morgan fingerprint density at radius 1 is 1.33 bits per heavy atom. The van der Waals surface area contributed by atoms with E-state index in [1.54, 1.807) is 18.2 Å². The monoisotopic (exact) mass is 352 g/mol. The number of benzene rings is 2. The zero-order chi connectivity index (χ0) is 15.6. The number of nitro groups is 1. The summed E-state index contributed by atoms with van der Waals surface area (Å²) in [5, 5.41) is 14.0. The second-order valence-corrected chi connectivity index (χ2v) is 5.65. The maximum absolute atomic E-state index is 13.6. The first kappa shape index (κ1) is 15.4. The molecule has 0 radical (unpaired) electrons. The van der Waals surface area contributed by atoms with Gasteiger partial charge in [0.2, 0.25) is 0 Å². The second kappa shape index (κ2) is 6.22. The van der Waals surface area contributed by atoms with E-state index in [2.05, 4.69) is 21.2 Å². The van der Waals surface area contributed by atoms with Gasteiger partial charge in [-0.1, -0.05) is 12.1 Å². The molecule has 0 spiro atoms. The lowest BCUT2D eigenvalue weighted by Gasteiger charge is -2.18. The third kappa shape index (κ3) is 3.58. The van der Waals surface area contributed by atoms with Crippen LogP contribution >= 0.6 is 15.9 Å². The summed E-state index contributed by atoms with van der Waals surface area (Å²) in [6.07, 6.45) is 0. The minimum atomic E-state index is -0.430. The van der Waals surface area contributed by atoms with Gasteiger partial charge in [-0.2, -0.15) is 0 Å². The molecular weight excluding hydrogens is 339 g/mol. The maximum atomic E-state index is 13.6. The Morgan fingerprint density at radius 2 is 2.05 bits per heavy atom. The van der Waals surface area contributed by atoms with Gasteiger partial charge in [0.05, 0.1) is 9.40 Å². The van der Waals surface area contributed by atoms with E-state index < -0.39 is 4.92 Å². The van der Waals surface area contributed by atoms with Crippen molar-refractivity contribution in [3.63, 3.8) is 0 Å². The number of aryl methyl sites for hydroxylation is 1. The molecule has 0 saturated heterocycles. The number of nitro benzene ring substituents is 1. The highest BCUT2D eigenvalue weighted by molar-refractivity contribution is 9.10. The molecule has 4 nitrogen and oxygen atoms in total. The summed E-state index contributed by atoms with van der Waals surface area (Å²) in [5.74, 6) is -0.352. The van der Waals surface area contributed by atoms with Crippen LogP contribution in [0.2, 0.25) is 0 Å². The Kier molecular flexibility index (Phi) is 4.57. The van der Waals surface area contributed by atoms with Crippen LogP contribution in [-0.2, 0) is 0 Å². The van der Waals surface area contributed by atoms with Crippen molar-refractivity contribution in [3.8, 4) is 0 Å². The van der Waals surface area contributed by atoms with Gasteiger partial charge in [-0.15, -0.1) is 0 Å². The Bertz CT molecular complexity index is 691. The van der Waals surface area contributed by atoms with Crippen molar-refractivity contribution in [1.82, 2.24) is 0 Å². The maximum Gasteiger partial charge on any atom is 0.269 e. The summed E-state index contributed by atoms with van der Waals surface area (Å²) in [4.78, 5) is 10.4. The molecule has 0 aliphatic carbocycles. The summed E-state index contributed by atoms with van der Waals surface area (Å²) in [7, 11) is 0. The molecule has 1 unspecified atom stereocenters. The van der Waals surface area contributed by atoms with Crippen molar-refractivity contribution in [2.45, 2.75) is 19.9 Å². The Labute approximate surface area is 130 Å². The minimum Gasteiger partial charge on any atom is -0.378 e. The van der Waals surface area contributed by atoms with Crippen LogP contribution in [0.1, 0.15) is 24.1 Å². The molecule has 2 rings (SSSR count). The van der Waals surface area contributed by atoms with Crippen LogP contribution in [-0.4, -0.2) is 4.92 Å². The molecule has 0 bridgehead atoms. The quantitative estimate of drug-likeness (QED) is 0.623. The number of hydrogen-bond acceptors (Lipinski definition) is 3. The van der Waals surface area contributed by atoms with Gasteiger partial charge in [0.15, 0.2) is 0 Å². The van der Waals surface area contributed by atoms with Crippen LogP contribution in [0.3, 0.4) is 0 Å². The number of nitrogens with zero attached hydrogens (tertiary/aromatic N) is 1. The topological polar surface area (TPSA) is 55.2 Å². The zero-order valence-corrected chi connectivity index (χ0v) is 13.1. The molecule has 0 aromatic heterocycles. The summed E-state index contributed by atoms with van der Waals surface area (Å²) < 4.78 is 14.0. The molecule has 2 aromatic carbocycles. The molecule has 0 aliphatic rings.